The van der Waals surface area contributed by atoms with E-state index >= 15 is 0 Å². The summed E-state index contributed by atoms with van der Waals surface area (Å²) in [6, 6.07) is 6.72. The Hall–Kier alpha value is -1.12. The number of aliphatic hydroxyl groups excluding tert-OH is 4. The molecule has 4 N–H and O–H groups in total. The molecule has 7 heteroatoms. The topological polar surface area (TPSA) is 90.2 Å². The molecule has 1 aromatic rings. The number of benzene rings is 1. The van der Waals surface area contributed by atoms with Crippen LogP contribution in [-0.2, 0) is 10.7 Å². The molecule has 5 nitrogen and oxygen atoms in total. The Bertz CT molecular complexity index is 440. The number of hydrogen-bond acceptors (Lipinski definition) is 5. The molecule has 0 aliphatic carbocycles. The smallest absolute Gasteiger partial charge is 0.301 e. The summed E-state index contributed by atoms with van der Waals surface area (Å²) in [7, 11) is 0. The zero-order valence-corrected chi connectivity index (χ0v) is 10.4. The maximum atomic E-state index is 14.3. The highest BCUT2D eigenvalue weighted by molar-refractivity contribution is 5.22. The summed E-state index contributed by atoms with van der Waals surface area (Å²) in [4.78, 5) is 0. The Morgan fingerprint density at radius 2 is 1.60 bits per heavy atom. The Labute approximate surface area is 114 Å². The summed E-state index contributed by atoms with van der Waals surface area (Å²) in [6.45, 7) is -0.744. The van der Waals surface area contributed by atoms with Crippen molar-refractivity contribution in [3.05, 3.63) is 35.9 Å². The third-order valence-corrected chi connectivity index (χ3v) is 3.41. The predicted molar refractivity (Wildman–Crippen MR) is 64.1 cm³/mol. The number of aliphatic hydroxyl groups is 4. The van der Waals surface area contributed by atoms with Gasteiger partial charge in [0.1, 0.15) is 24.4 Å². The minimum absolute atomic E-state index is 0.385. The Morgan fingerprint density at radius 1 is 1.00 bits per heavy atom. The van der Waals surface area contributed by atoms with Gasteiger partial charge in [0.05, 0.1) is 6.61 Å². The molecule has 0 bridgehead atoms. The van der Waals surface area contributed by atoms with Gasteiger partial charge in [-0.1, -0.05) is 30.3 Å². The first-order valence-electron chi connectivity index (χ1n) is 6.13. The van der Waals surface area contributed by atoms with Crippen LogP contribution in [0.15, 0.2) is 30.3 Å². The maximum Gasteiger partial charge on any atom is 0.301 e. The third-order valence-electron chi connectivity index (χ3n) is 3.41. The van der Waals surface area contributed by atoms with Gasteiger partial charge in [0.15, 0.2) is 6.10 Å². The third kappa shape index (κ3) is 2.55. The van der Waals surface area contributed by atoms with Crippen LogP contribution in [0.5, 0.6) is 0 Å². The molecule has 1 aromatic carbocycles. The molecule has 1 saturated heterocycles. The van der Waals surface area contributed by atoms with Crippen molar-refractivity contribution in [2.75, 3.05) is 6.61 Å². The van der Waals surface area contributed by atoms with Crippen LogP contribution < -0.4 is 0 Å². The van der Waals surface area contributed by atoms with Crippen LogP contribution >= 0.6 is 0 Å². The fourth-order valence-electron chi connectivity index (χ4n) is 2.23. The highest BCUT2D eigenvalue weighted by atomic mass is 19.3. The summed E-state index contributed by atoms with van der Waals surface area (Å²) < 4.78 is 33.6. The Kier molecular flexibility index (Phi) is 4.36. The van der Waals surface area contributed by atoms with E-state index in [1.807, 2.05) is 0 Å². The van der Waals surface area contributed by atoms with Gasteiger partial charge >= 0.3 is 5.92 Å². The van der Waals surface area contributed by atoms with Gasteiger partial charge in [0.25, 0.3) is 0 Å². The van der Waals surface area contributed by atoms with E-state index in [4.69, 9.17) is 9.84 Å². The Morgan fingerprint density at radius 3 is 2.15 bits per heavy atom. The summed E-state index contributed by atoms with van der Waals surface area (Å²) in [6.07, 6.45) is -8.85. The molecule has 1 fully saturated rings. The number of halogens is 2. The SMILES string of the molecule is OC[C@H]1O[C@@H](C(F)(F)c2ccccc2)[C@H](O)[C@@H](O)[C@@H]1O. The minimum Gasteiger partial charge on any atom is -0.394 e. The highest BCUT2D eigenvalue weighted by Gasteiger charge is 2.55. The quantitative estimate of drug-likeness (QED) is 0.609. The van der Waals surface area contributed by atoms with E-state index in [0.717, 1.165) is 0 Å². The zero-order valence-electron chi connectivity index (χ0n) is 10.4. The molecule has 0 unspecified atom stereocenters. The first-order valence-corrected chi connectivity index (χ1v) is 6.13. The van der Waals surface area contributed by atoms with Gasteiger partial charge in [0, 0.05) is 5.56 Å². The van der Waals surface area contributed by atoms with Crippen molar-refractivity contribution in [3.8, 4) is 0 Å². The predicted octanol–water partition coefficient (Wildman–Crippen LogP) is -0.379. The molecule has 2 rings (SSSR count). The normalized spacial score (nSPS) is 35.0. The molecule has 20 heavy (non-hydrogen) atoms. The second-order valence-corrected chi connectivity index (χ2v) is 4.74. The van der Waals surface area contributed by atoms with Crippen molar-refractivity contribution in [1.82, 2.24) is 0 Å². The number of rotatable bonds is 3. The summed E-state index contributed by atoms with van der Waals surface area (Å²) in [5.41, 5.74) is -0.385. The van der Waals surface area contributed by atoms with Crippen molar-refractivity contribution in [2.45, 2.75) is 36.4 Å². The van der Waals surface area contributed by atoms with Crippen LogP contribution in [-0.4, -0.2) is 57.6 Å². The molecule has 112 valence electrons. The molecular weight excluding hydrogens is 274 g/mol. The van der Waals surface area contributed by atoms with E-state index in [2.05, 4.69) is 0 Å². The summed E-state index contributed by atoms with van der Waals surface area (Å²) in [5.74, 6) is -3.57. The van der Waals surface area contributed by atoms with Gasteiger partial charge in [-0.3, -0.25) is 0 Å². The lowest BCUT2D eigenvalue weighted by molar-refractivity contribution is -0.284. The average Bonchev–Trinajstić information content (AvgIpc) is 2.46. The van der Waals surface area contributed by atoms with Crippen LogP contribution in [0, 0.1) is 0 Å². The Balaban J connectivity index is 2.30. The fraction of sp³-hybridized carbons (Fsp3) is 0.538. The van der Waals surface area contributed by atoms with Gasteiger partial charge in [0.2, 0.25) is 0 Å². The maximum absolute atomic E-state index is 14.3. The van der Waals surface area contributed by atoms with E-state index in [1.165, 1.54) is 24.3 Å². The van der Waals surface area contributed by atoms with E-state index in [-0.39, 0.29) is 5.56 Å². The van der Waals surface area contributed by atoms with E-state index in [9.17, 15) is 24.1 Å². The highest BCUT2D eigenvalue weighted by Crippen LogP contribution is 2.39. The van der Waals surface area contributed by atoms with Crippen LogP contribution in [0.25, 0.3) is 0 Å². The lowest BCUT2D eigenvalue weighted by Gasteiger charge is -2.42. The molecule has 0 radical (unpaired) electrons. The molecule has 5 atom stereocenters. The van der Waals surface area contributed by atoms with Crippen LogP contribution in [0.3, 0.4) is 0 Å². The zero-order chi connectivity index (χ0) is 14.9. The average molecular weight is 290 g/mol. The lowest BCUT2D eigenvalue weighted by Crippen LogP contribution is -2.62. The van der Waals surface area contributed by atoms with Crippen LogP contribution in [0.4, 0.5) is 8.78 Å². The molecule has 0 spiro atoms. The largest absolute Gasteiger partial charge is 0.394 e. The molecular formula is C13H16F2O5. The van der Waals surface area contributed by atoms with Gasteiger partial charge < -0.3 is 25.2 Å². The van der Waals surface area contributed by atoms with Crippen molar-refractivity contribution in [2.24, 2.45) is 0 Å². The molecule has 0 aromatic heterocycles. The molecule has 0 amide bonds. The van der Waals surface area contributed by atoms with Gasteiger partial charge in [-0.25, -0.2) is 0 Å². The minimum atomic E-state index is -3.57. The number of hydrogen-bond donors (Lipinski definition) is 4. The van der Waals surface area contributed by atoms with Crippen molar-refractivity contribution >= 4 is 0 Å². The number of alkyl halides is 2. The van der Waals surface area contributed by atoms with Crippen molar-refractivity contribution in [3.63, 3.8) is 0 Å². The van der Waals surface area contributed by atoms with E-state index in [0.29, 0.717) is 0 Å². The van der Waals surface area contributed by atoms with Gasteiger partial charge in [-0.2, -0.15) is 8.78 Å². The monoisotopic (exact) mass is 290 g/mol. The van der Waals surface area contributed by atoms with Crippen molar-refractivity contribution < 1.29 is 33.9 Å². The molecule has 1 aliphatic rings. The van der Waals surface area contributed by atoms with Crippen molar-refractivity contribution in [1.29, 1.82) is 0 Å². The van der Waals surface area contributed by atoms with Crippen LogP contribution in [0.2, 0.25) is 0 Å². The molecule has 1 heterocycles. The molecule has 1 aliphatic heterocycles. The summed E-state index contributed by atoms with van der Waals surface area (Å²) in [5, 5.41) is 37.8. The van der Waals surface area contributed by atoms with Gasteiger partial charge in [-0.15, -0.1) is 0 Å². The lowest BCUT2D eigenvalue weighted by atomic mass is 9.89. The first kappa shape index (κ1) is 15.3. The van der Waals surface area contributed by atoms with Crippen LogP contribution in [0.1, 0.15) is 5.56 Å². The van der Waals surface area contributed by atoms with E-state index in [1.54, 1.807) is 6.07 Å². The summed E-state index contributed by atoms with van der Waals surface area (Å²) >= 11 is 0. The standard InChI is InChI=1S/C13H16F2O5/c14-13(15,7-4-2-1-3-5-7)12-11(19)10(18)9(17)8(6-16)20-12/h1-5,8-12,16-19H,6H2/t8-,9-,10+,11-,12-/m1/s1. The second kappa shape index (κ2) is 5.71. The number of ether oxygens (including phenoxy) is 1. The first-order chi connectivity index (χ1) is 9.39. The molecule has 0 saturated carbocycles. The fourth-order valence-corrected chi connectivity index (χ4v) is 2.23. The second-order valence-electron chi connectivity index (χ2n) is 4.74. The van der Waals surface area contributed by atoms with Gasteiger partial charge in [-0.05, 0) is 0 Å². The van der Waals surface area contributed by atoms with E-state index < -0.39 is 43.0 Å².